The summed E-state index contributed by atoms with van der Waals surface area (Å²) in [6, 6.07) is 7.43. The van der Waals surface area contributed by atoms with Crippen LogP contribution in [0.15, 0.2) is 29.3 Å². The van der Waals surface area contributed by atoms with Crippen LogP contribution in [0.25, 0.3) is 0 Å². The summed E-state index contributed by atoms with van der Waals surface area (Å²) in [7, 11) is -3.37. The van der Waals surface area contributed by atoms with Crippen LogP contribution in [0.2, 0.25) is 0 Å². The summed E-state index contributed by atoms with van der Waals surface area (Å²) in [6.07, 6.45) is 3.55. The van der Waals surface area contributed by atoms with Gasteiger partial charge in [0.2, 0.25) is 10.0 Å². The second kappa shape index (κ2) is 14.2. The summed E-state index contributed by atoms with van der Waals surface area (Å²) in [5.41, 5.74) is 1.68. The lowest BCUT2D eigenvalue weighted by molar-refractivity contribution is 0.123. The molecule has 0 aromatic heterocycles. The molecule has 0 unspecified atom stereocenters. The number of hydrogen-bond donors (Lipinski definition) is 3. The maximum atomic E-state index is 12.3. The number of guanidine groups is 1. The lowest BCUT2D eigenvalue weighted by Crippen LogP contribution is -2.38. The fourth-order valence-corrected chi connectivity index (χ4v) is 4.37. The molecule has 0 atom stereocenters. The molecule has 0 amide bonds. The highest BCUT2D eigenvalue weighted by Gasteiger charge is 2.20. The molecule has 30 heavy (non-hydrogen) atoms. The first-order chi connectivity index (χ1) is 13.9. The molecule has 2 rings (SSSR count). The Morgan fingerprint density at radius 3 is 2.53 bits per heavy atom. The standard InChI is InChI=1S/C21H36N4O3S.HI/c1-4-22-21(23-12-7-13-28-15-18-10-11-18)24-14-19-8-5-6-9-20(19)16-29(26,27)25-17(2)3;/h5-6,8-9,17-18,25H,4,7,10-16H2,1-3H3,(H2,22,23,24);1H. The van der Waals surface area contributed by atoms with Crippen molar-refractivity contribution in [1.29, 1.82) is 0 Å². The van der Waals surface area contributed by atoms with E-state index in [0.29, 0.717) is 6.54 Å². The molecule has 1 aliphatic carbocycles. The first kappa shape index (κ1) is 27.1. The van der Waals surface area contributed by atoms with Gasteiger partial charge in [0.15, 0.2) is 5.96 Å². The van der Waals surface area contributed by atoms with E-state index in [0.717, 1.165) is 55.7 Å². The quantitative estimate of drug-likeness (QED) is 0.152. The predicted octanol–water partition coefficient (Wildman–Crippen LogP) is 3.00. The molecule has 7 nitrogen and oxygen atoms in total. The maximum absolute atomic E-state index is 12.3. The number of benzene rings is 1. The molecule has 3 N–H and O–H groups in total. The molecule has 0 heterocycles. The first-order valence-corrected chi connectivity index (χ1v) is 12.2. The average Bonchev–Trinajstić information content (AvgIpc) is 3.46. The highest BCUT2D eigenvalue weighted by Crippen LogP contribution is 2.28. The van der Waals surface area contributed by atoms with E-state index in [-0.39, 0.29) is 35.8 Å². The van der Waals surface area contributed by atoms with Gasteiger partial charge in [-0.3, -0.25) is 0 Å². The van der Waals surface area contributed by atoms with Crippen molar-refractivity contribution in [1.82, 2.24) is 15.4 Å². The molecule has 9 heteroatoms. The van der Waals surface area contributed by atoms with Gasteiger partial charge in [-0.15, -0.1) is 24.0 Å². The van der Waals surface area contributed by atoms with Gasteiger partial charge in [0.05, 0.1) is 12.3 Å². The normalized spacial score (nSPS) is 14.5. The van der Waals surface area contributed by atoms with Gasteiger partial charge in [-0.2, -0.15) is 0 Å². The van der Waals surface area contributed by atoms with Crippen molar-refractivity contribution < 1.29 is 13.2 Å². The minimum absolute atomic E-state index is 0. The number of nitrogens with zero attached hydrogens (tertiary/aromatic N) is 1. The number of nitrogens with one attached hydrogen (secondary N) is 3. The van der Waals surface area contributed by atoms with Gasteiger partial charge in [-0.25, -0.2) is 18.1 Å². The highest BCUT2D eigenvalue weighted by atomic mass is 127. The Kier molecular flexibility index (Phi) is 12.8. The number of sulfonamides is 1. The molecule has 1 fully saturated rings. The highest BCUT2D eigenvalue weighted by molar-refractivity contribution is 14.0. The molecule has 1 aliphatic rings. The molecule has 1 aromatic carbocycles. The summed E-state index contributed by atoms with van der Waals surface area (Å²) in [6.45, 7) is 9.27. The van der Waals surface area contributed by atoms with Crippen molar-refractivity contribution in [3.05, 3.63) is 35.4 Å². The van der Waals surface area contributed by atoms with E-state index in [1.165, 1.54) is 12.8 Å². The van der Waals surface area contributed by atoms with Crippen LogP contribution in [0.1, 0.15) is 51.2 Å². The van der Waals surface area contributed by atoms with Crippen LogP contribution in [0.5, 0.6) is 0 Å². The van der Waals surface area contributed by atoms with Crippen LogP contribution in [0.3, 0.4) is 0 Å². The SMILES string of the molecule is CCNC(=NCc1ccccc1CS(=O)(=O)NC(C)C)NCCCOCC1CC1.I. The van der Waals surface area contributed by atoms with Crippen molar-refractivity contribution in [2.45, 2.75) is 58.4 Å². The maximum Gasteiger partial charge on any atom is 0.216 e. The van der Waals surface area contributed by atoms with Crippen LogP contribution in [0.4, 0.5) is 0 Å². The molecular formula is C21H37IN4O3S. The summed E-state index contributed by atoms with van der Waals surface area (Å²) in [4.78, 5) is 4.63. The third-order valence-electron chi connectivity index (χ3n) is 4.44. The van der Waals surface area contributed by atoms with E-state index in [1.807, 2.05) is 45.0 Å². The topological polar surface area (TPSA) is 91.8 Å². The Hall–Kier alpha value is -0.910. The number of ether oxygens (including phenoxy) is 1. The zero-order chi connectivity index (χ0) is 21.1. The van der Waals surface area contributed by atoms with Crippen molar-refractivity contribution in [3.8, 4) is 0 Å². The Morgan fingerprint density at radius 2 is 1.90 bits per heavy atom. The van der Waals surface area contributed by atoms with Gasteiger partial charge in [0.1, 0.15) is 0 Å². The molecule has 0 spiro atoms. The third kappa shape index (κ3) is 11.5. The Balaban J connectivity index is 0.00000450. The Morgan fingerprint density at radius 1 is 1.20 bits per heavy atom. The predicted molar refractivity (Wildman–Crippen MR) is 134 cm³/mol. The summed E-state index contributed by atoms with van der Waals surface area (Å²) >= 11 is 0. The van der Waals surface area contributed by atoms with Crippen molar-refractivity contribution in [2.75, 3.05) is 26.3 Å². The number of hydrogen-bond acceptors (Lipinski definition) is 4. The molecule has 1 aromatic rings. The van der Waals surface area contributed by atoms with Gasteiger partial charge in [0.25, 0.3) is 0 Å². The van der Waals surface area contributed by atoms with Crippen molar-refractivity contribution in [2.24, 2.45) is 10.9 Å². The summed E-state index contributed by atoms with van der Waals surface area (Å²) in [5.74, 6) is 1.48. The van der Waals surface area contributed by atoms with Gasteiger partial charge in [0, 0.05) is 32.3 Å². The van der Waals surface area contributed by atoms with Gasteiger partial charge in [-0.05, 0) is 57.1 Å². The smallest absolute Gasteiger partial charge is 0.216 e. The summed E-state index contributed by atoms with van der Waals surface area (Å²) < 4.78 is 32.9. The largest absolute Gasteiger partial charge is 0.381 e. The average molecular weight is 553 g/mol. The number of halogens is 1. The van der Waals surface area contributed by atoms with Gasteiger partial charge >= 0.3 is 0 Å². The molecule has 0 radical (unpaired) electrons. The van der Waals surface area contributed by atoms with Crippen molar-refractivity contribution in [3.63, 3.8) is 0 Å². The molecule has 0 aliphatic heterocycles. The molecule has 1 saturated carbocycles. The monoisotopic (exact) mass is 552 g/mol. The van der Waals surface area contributed by atoms with Crippen LogP contribution >= 0.6 is 24.0 Å². The number of rotatable bonds is 13. The second-order valence-electron chi connectivity index (χ2n) is 7.79. The minimum Gasteiger partial charge on any atom is -0.381 e. The number of aliphatic imine (C=N–C) groups is 1. The lowest BCUT2D eigenvalue weighted by atomic mass is 10.1. The van der Waals surface area contributed by atoms with E-state index in [9.17, 15) is 8.42 Å². The third-order valence-corrected chi connectivity index (χ3v) is 5.96. The Labute approximate surface area is 198 Å². The zero-order valence-electron chi connectivity index (χ0n) is 18.3. The van der Waals surface area contributed by atoms with E-state index < -0.39 is 10.0 Å². The van der Waals surface area contributed by atoms with Gasteiger partial charge < -0.3 is 15.4 Å². The van der Waals surface area contributed by atoms with Crippen LogP contribution in [-0.2, 0) is 27.1 Å². The van der Waals surface area contributed by atoms with E-state index in [4.69, 9.17) is 4.74 Å². The van der Waals surface area contributed by atoms with Crippen LogP contribution in [0, 0.1) is 5.92 Å². The van der Waals surface area contributed by atoms with Crippen molar-refractivity contribution >= 4 is 40.0 Å². The summed E-state index contributed by atoms with van der Waals surface area (Å²) in [5, 5.41) is 6.55. The lowest BCUT2D eigenvalue weighted by Gasteiger charge is -2.14. The Bertz CT molecular complexity index is 752. The molecular weight excluding hydrogens is 515 g/mol. The van der Waals surface area contributed by atoms with Crippen LogP contribution < -0.4 is 15.4 Å². The second-order valence-corrected chi connectivity index (χ2v) is 9.55. The fraction of sp³-hybridized carbons (Fsp3) is 0.667. The van der Waals surface area contributed by atoms with Crippen LogP contribution in [-0.4, -0.2) is 46.7 Å². The van der Waals surface area contributed by atoms with E-state index in [2.05, 4.69) is 20.3 Å². The molecule has 0 bridgehead atoms. The van der Waals surface area contributed by atoms with E-state index in [1.54, 1.807) is 0 Å². The van der Waals surface area contributed by atoms with Gasteiger partial charge in [-0.1, -0.05) is 24.3 Å². The fourth-order valence-electron chi connectivity index (χ4n) is 2.88. The zero-order valence-corrected chi connectivity index (χ0v) is 21.5. The minimum atomic E-state index is -3.37. The molecule has 172 valence electrons. The molecule has 0 saturated heterocycles. The van der Waals surface area contributed by atoms with E-state index >= 15 is 0 Å². The first-order valence-electron chi connectivity index (χ1n) is 10.6.